The van der Waals surface area contributed by atoms with Crippen molar-refractivity contribution in [3.63, 3.8) is 0 Å². The number of benzene rings is 1. The predicted octanol–water partition coefficient (Wildman–Crippen LogP) is 4.30. The van der Waals surface area contributed by atoms with Crippen molar-refractivity contribution < 1.29 is 9.36 Å². The van der Waals surface area contributed by atoms with Gasteiger partial charge in [-0.05, 0) is 49.3 Å². The maximum absolute atomic E-state index is 11.4. The number of carbonyl (C=O) groups excluding carboxylic acids is 1. The fourth-order valence-corrected chi connectivity index (χ4v) is 3.06. The molecule has 1 aromatic rings. The molecule has 0 heterocycles. The van der Waals surface area contributed by atoms with Gasteiger partial charge in [-0.2, -0.15) is 0 Å². The molecule has 0 spiro atoms. The lowest BCUT2D eigenvalue weighted by Gasteiger charge is -2.20. The molecule has 5 heteroatoms. The highest BCUT2D eigenvalue weighted by atomic mass is 31.1. The standard InChI is InChI=1S/C10H14N2O.C8H17OP/c1-6-4-5-7(2)9(8(6)3)10(13)12-11;1-7(6-10-9)5-8(2,3)4/h4-5H,11H2,1-3H3,(H,12,13);7H,5-6H2,1-4H3/p+1. The highest BCUT2D eigenvalue weighted by Crippen LogP contribution is 2.25. The second-order valence-corrected chi connectivity index (χ2v) is 8.09. The molecule has 0 radical (unpaired) electrons. The summed E-state index contributed by atoms with van der Waals surface area (Å²) in [7, 11) is -0.126. The molecular formula is C18H32N2O2P+. The van der Waals surface area contributed by atoms with Gasteiger partial charge in [0, 0.05) is 11.5 Å². The predicted molar refractivity (Wildman–Crippen MR) is 99.4 cm³/mol. The van der Waals surface area contributed by atoms with E-state index in [0.29, 0.717) is 16.9 Å². The second kappa shape index (κ2) is 9.79. The lowest BCUT2D eigenvalue weighted by Crippen LogP contribution is -2.31. The molecule has 0 aliphatic carbocycles. The molecule has 0 bridgehead atoms. The molecule has 0 aliphatic heterocycles. The number of hydrogen-bond acceptors (Lipinski definition) is 3. The van der Waals surface area contributed by atoms with Gasteiger partial charge >= 0.3 is 8.46 Å². The fraction of sp³-hybridized carbons (Fsp3) is 0.611. The van der Waals surface area contributed by atoms with E-state index in [9.17, 15) is 9.36 Å². The van der Waals surface area contributed by atoms with Crippen molar-refractivity contribution in [1.82, 2.24) is 5.43 Å². The summed E-state index contributed by atoms with van der Waals surface area (Å²) in [6, 6.07) is 3.92. The molecule has 0 saturated carbocycles. The van der Waals surface area contributed by atoms with Crippen LogP contribution in [0.2, 0.25) is 0 Å². The Morgan fingerprint density at radius 3 is 2.17 bits per heavy atom. The van der Waals surface area contributed by atoms with E-state index < -0.39 is 0 Å². The third-order valence-corrected chi connectivity index (χ3v) is 4.56. The number of aryl methyl sites for hydroxylation is 2. The van der Waals surface area contributed by atoms with Crippen molar-refractivity contribution in [1.29, 1.82) is 0 Å². The zero-order chi connectivity index (χ0) is 18.2. The molecular weight excluding hydrogens is 307 g/mol. The Hall–Kier alpha value is -1.25. The van der Waals surface area contributed by atoms with Crippen LogP contribution in [0, 0.1) is 32.1 Å². The number of amides is 1. The summed E-state index contributed by atoms with van der Waals surface area (Å²) in [5.74, 6) is 5.48. The van der Waals surface area contributed by atoms with Crippen molar-refractivity contribution in [2.45, 2.75) is 54.9 Å². The van der Waals surface area contributed by atoms with Gasteiger partial charge in [0.25, 0.3) is 5.91 Å². The lowest BCUT2D eigenvalue weighted by molar-refractivity contribution is 0.0952. The van der Waals surface area contributed by atoms with Crippen LogP contribution in [0.3, 0.4) is 0 Å². The van der Waals surface area contributed by atoms with Gasteiger partial charge in [0.05, 0.1) is 0 Å². The Labute approximate surface area is 142 Å². The Balaban J connectivity index is 0.000000438. The van der Waals surface area contributed by atoms with E-state index in [-0.39, 0.29) is 14.4 Å². The molecule has 1 amide bonds. The molecule has 130 valence electrons. The smallest absolute Gasteiger partial charge is 0.290 e. The van der Waals surface area contributed by atoms with Crippen LogP contribution < -0.4 is 11.3 Å². The Morgan fingerprint density at radius 2 is 1.74 bits per heavy atom. The zero-order valence-electron chi connectivity index (χ0n) is 15.5. The van der Waals surface area contributed by atoms with Crippen LogP contribution in [-0.4, -0.2) is 12.1 Å². The quantitative estimate of drug-likeness (QED) is 0.372. The summed E-state index contributed by atoms with van der Waals surface area (Å²) < 4.78 is 10.3. The SMILES string of the molecule is CC(C[PH+]=O)CC(C)(C)C.Cc1ccc(C)c(C(=O)NN)c1C. The zero-order valence-corrected chi connectivity index (χ0v) is 16.5. The van der Waals surface area contributed by atoms with E-state index in [4.69, 9.17) is 5.84 Å². The van der Waals surface area contributed by atoms with Gasteiger partial charge in [-0.3, -0.25) is 10.2 Å². The van der Waals surface area contributed by atoms with Crippen LogP contribution in [0.4, 0.5) is 0 Å². The topological polar surface area (TPSA) is 72.2 Å². The summed E-state index contributed by atoms with van der Waals surface area (Å²) in [6.07, 6.45) is 2.03. The van der Waals surface area contributed by atoms with Gasteiger partial charge in [0.2, 0.25) is 0 Å². The number of nitrogen functional groups attached to an aromatic ring is 1. The van der Waals surface area contributed by atoms with Crippen molar-refractivity contribution in [3.05, 3.63) is 34.4 Å². The first kappa shape index (κ1) is 21.8. The van der Waals surface area contributed by atoms with Crippen LogP contribution in [0.15, 0.2) is 12.1 Å². The summed E-state index contributed by atoms with van der Waals surface area (Å²) in [6.45, 7) is 14.6. The van der Waals surface area contributed by atoms with Crippen LogP contribution in [0.1, 0.15) is 61.2 Å². The molecule has 1 aromatic carbocycles. The lowest BCUT2D eigenvalue weighted by atomic mass is 9.86. The molecule has 0 aliphatic rings. The number of hydrogen-bond donors (Lipinski definition) is 2. The maximum Gasteiger partial charge on any atom is 0.325 e. The van der Waals surface area contributed by atoms with Crippen molar-refractivity contribution in [2.24, 2.45) is 17.2 Å². The summed E-state index contributed by atoms with van der Waals surface area (Å²) >= 11 is 0. The third-order valence-electron chi connectivity index (χ3n) is 3.69. The largest absolute Gasteiger partial charge is 0.325 e. The summed E-state index contributed by atoms with van der Waals surface area (Å²) in [4.78, 5) is 11.4. The Kier molecular flexibility index (Phi) is 9.26. The number of nitrogens with two attached hydrogens (primary N) is 1. The van der Waals surface area contributed by atoms with E-state index in [1.807, 2.05) is 32.9 Å². The molecule has 2 atom stereocenters. The van der Waals surface area contributed by atoms with Gasteiger partial charge in [-0.1, -0.05) is 44.4 Å². The molecule has 23 heavy (non-hydrogen) atoms. The van der Waals surface area contributed by atoms with Crippen molar-refractivity contribution >= 4 is 14.4 Å². The molecule has 1 rings (SSSR count). The van der Waals surface area contributed by atoms with Crippen LogP contribution in [-0.2, 0) is 4.57 Å². The van der Waals surface area contributed by atoms with E-state index in [1.165, 1.54) is 6.42 Å². The minimum atomic E-state index is -0.223. The van der Waals surface area contributed by atoms with Crippen molar-refractivity contribution in [2.75, 3.05) is 6.16 Å². The minimum absolute atomic E-state index is 0.126. The van der Waals surface area contributed by atoms with Crippen LogP contribution in [0.25, 0.3) is 0 Å². The maximum atomic E-state index is 11.4. The van der Waals surface area contributed by atoms with E-state index in [2.05, 4.69) is 33.1 Å². The van der Waals surface area contributed by atoms with Gasteiger partial charge < -0.3 is 0 Å². The highest BCUT2D eigenvalue weighted by molar-refractivity contribution is 7.23. The first-order valence-electron chi connectivity index (χ1n) is 7.96. The molecule has 3 N–H and O–H groups in total. The van der Waals surface area contributed by atoms with Gasteiger partial charge in [0.1, 0.15) is 6.16 Å². The van der Waals surface area contributed by atoms with Gasteiger partial charge in [-0.15, -0.1) is 0 Å². The average Bonchev–Trinajstić information content (AvgIpc) is 2.42. The molecule has 4 nitrogen and oxygen atoms in total. The Morgan fingerprint density at radius 1 is 1.22 bits per heavy atom. The molecule has 0 fully saturated rings. The third kappa shape index (κ3) is 8.24. The summed E-state index contributed by atoms with van der Waals surface area (Å²) in [5.41, 5.74) is 6.26. The van der Waals surface area contributed by atoms with Crippen LogP contribution >= 0.6 is 8.46 Å². The average molecular weight is 339 g/mol. The number of hydrazine groups is 1. The second-order valence-electron chi connectivity index (χ2n) is 7.39. The minimum Gasteiger partial charge on any atom is -0.290 e. The van der Waals surface area contributed by atoms with E-state index >= 15 is 0 Å². The molecule has 2 unspecified atom stereocenters. The number of nitrogens with one attached hydrogen (secondary N) is 1. The number of carbonyl (C=O) groups is 1. The van der Waals surface area contributed by atoms with E-state index in [1.54, 1.807) is 0 Å². The normalized spacial score (nSPS) is 12.3. The first-order chi connectivity index (χ1) is 10.5. The Bertz CT molecular complexity index is 537. The fourth-order valence-electron chi connectivity index (χ4n) is 2.63. The molecule has 0 aromatic heterocycles. The van der Waals surface area contributed by atoms with E-state index in [0.717, 1.165) is 22.9 Å². The number of rotatable bonds is 4. The monoisotopic (exact) mass is 339 g/mol. The highest BCUT2D eigenvalue weighted by Gasteiger charge is 2.16. The van der Waals surface area contributed by atoms with Gasteiger partial charge in [-0.25, -0.2) is 5.84 Å². The molecule has 0 saturated heterocycles. The summed E-state index contributed by atoms with van der Waals surface area (Å²) in [5, 5.41) is 0. The van der Waals surface area contributed by atoms with Gasteiger partial charge in [0.15, 0.2) is 0 Å². The first-order valence-corrected chi connectivity index (χ1v) is 9.07. The van der Waals surface area contributed by atoms with Crippen molar-refractivity contribution in [3.8, 4) is 0 Å². The van der Waals surface area contributed by atoms with Crippen LogP contribution in [0.5, 0.6) is 0 Å².